The molecule has 11 rings (SSSR count). The lowest BCUT2D eigenvalue weighted by Gasteiger charge is -2.33. The predicted octanol–water partition coefficient (Wildman–Crippen LogP) is 14.6. The lowest BCUT2D eigenvalue weighted by molar-refractivity contribution is 0.477. The lowest BCUT2D eigenvalue weighted by atomic mass is 9.82. The van der Waals surface area contributed by atoms with Crippen molar-refractivity contribution >= 4 is 56.1 Å². The van der Waals surface area contributed by atoms with Crippen LogP contribution in [0.25, 0.3) is 44.2 Å². The van der Waals surface area contributed by atoms with Crippen LogP contribution in [0.2, 0.25) is 0 Å². The molecular formula is C51H36N2O2. The molecule has 0 unspecified atom stereocenters. The number of benzene rings is 8. The molecule has 0 atom stereocenters. The molecule has 8 aromatic carbocycles. The Kier molecular flexibility index (Phi) is 6.86. The number of ether oxygens (including phenoxy) is 1. The van der Waals surface area contributed by atoms with Crippen LogP contribution in [0, 0.1) is 0 Å². The van der Waals surface area contributed by atoms with Gasteiger partial charge < -0.3 is 19.0 Å². The van der Waals surface area contributed by atoms with Gasteiger partial charge in [-0.3, -0.25) is 0 Å². The normalized spacial score (nSPS) is 13.5. The third kappa shape index (κ3) is 4.85. The van der Waals surface area contributed by atoms with E-state index in [-0.39, 0.29) is 5.41 Å². The molecule has 2 heterocycles. The zero-order chi connectivity index (χ0) is 36.7. The minimum Gasteiger partial charge on any atom is -0.454 e. The summed E-state index contributed by atoms with van der Waals surface area (Å²) in [6, 6.07) is 64.5. The Labute approximate surface area is 320 Å². The lowest BCUT2D eigenvalue weighted by Crippen LogP contribution is -2.16. The van der Waals surface area contributed by atoms with Gasteiger partial charge in [-0.15, -0.1) is 0 Å². The first-order valence-corrected chi connectivity index (χ1v) is 18.8. The highest BCUT2D eigenvalue weighted by molar-refractivity contribution is 6.10. The van der Waals surface area contributed by atoms with E-state index in [9.17, 15) is 0 Å². The Morgan fingerprint density at radius 3 is 2.07 bits per heavy atom. The molecule has 4 nitrogen and oxygen atoms in total. The van der Waals surface area contributed by atoms with E-state index in [1.807, 2.05) is 30.3 Å². The molecule has 1 aromatic heterocycles. The number of hydrogen-bond acceptors (Lipinski definition) is 4. The Hall–Kier alpha value is -7.04. The van der Waals surface area contributed by atoms with Gasteiger partial charge in [0.15, 0.2) is 17.1 Å². The first-order chi connectivity index (χ1) is 27.0. The number of para-hydroxylation sites is 5. The minimum atomic E-state index is -0.131. The van der Waals surface area contributed by atoms with Crippen molar-refractivity contribution in [3.8, 4) is 33.8 Å². The molecule has 2 aliphatic rings. The van der Waals surface area contributed by atoms with Gasteiger partial charge in [-0.1, -0.05) is 123 Å². The monoisotopic (exact) mass is 708 g/mol. The molecule has 4 heteroatoms. The van der Waals surface area contributed by atoms with E-state index < -0.39 is 0 Å². The number of rotatable bonds is 5. The molecule has 1 aliphatic heterocycles. The Balaban J connectivity index is 1.03. The van der Waals surface area contributed by atoms with Crippen molar-refractivity contribution in [3.05, 3.63) is 193 Å². The molecular weight excluding hydrogens is 673 g/mol. The van der Waals surface area contributed by atoms with Crippen molar-refractivity contribution in [3.63, 3.8) is 0 Å². The summed E-state index contributed by atoms with van der Waals surface area (Å²) in [5.74, 6) is 1.66. The second kappa shape index (κ2) is 12.0. The molecule has 0 fully saturated rings. The highest BCUT2D eigenvalue weighted by Crippen LogP contribution is 2.53. The minimum absolute atomic E-state index is 0.131. The fraction of sp³-hybridized carbons (Fsp3) is 0.0588. The molecule has 0 amide bonds. The van der Waals surface area contributed by atoms with Crippen LogP contribution in [-0.2, 0) is 5.41 Å². The van der Waals surface area contributed by atoms with Crippen molar-refractivity contribution in [1.82, 2.24) is 0 Å². The second-order valence-corrected chi connectivity index (χ2v) is 15.0. The zero-order valence-corrected chi connectivity index (χ0v) is 30.5. The van der Waals surface area contributed by atoms with E-state index in [1.165, 1.54) is 22.3 Å². The topological polar surface area (TPSA) is 28.9 Å². The number of anilines is 6. The number of furan rings is 1. The van der Waals surface area contributed by atoms with E-state index >= 15 is 0 Å². The van der Waals surface area contributed by atoms with Gasteiger partial charge in [-0.25, -0.2) is 0 Å². The van der Waals surface area contributed by atoms with Crippen molar-refractivity contribution < 1.29 is 9.15 Å². The van der Waals surface area contributed by atoms with Crippen molar-refractivity contribution in [2.75, 3.05) is 9.80 Å². The smallest absolute Gasteiger partial charge is 0.159 e. The van der Waals surface area contributed by atoms with Gasteiger partial charge in [0.1, 0.15) is 5.58 Å². The molecule has 0 spiro atoms. The maximum absolute atomic E-state index is 6.64. The molecule has 0 radical (unpaired) electrons. The fourth-order valence-electron chi connectivity index (χ4n) is 8.76. The summed E-state index contributed by atoms with van der Waals surface area (Å²) in [7, 11) is 0. The summed E-state index contributed by atoms with van der Waals surface area (Å²) in [5, 5.41) is 2.21. The average Bonchev–Trinajstić information content (AvgIpc) is 3.73. The van der Waals surface area contributed by atoms with Crippen molar-refractivity contribution in [2.24, 2.45) is 0 Å². The molecule has 1 aliphatic carbocycles. The van der Waals surface area contributed by atoms with E-state index in [1.54, 1.807) is 0 Å². The van der Waals surface area contributed by atoms with Gasteiger partial charge in [0.2, 0.25) is 0 Å². The summed E-state index contributed by atoms with van der Waals surface area (Å²) in [6.45, 7) is 4.67. The second-order valence-electron chi connectivity index (χ2n) is 15.0. The quantitative estimate of drug-likeness (QED) is 0.178. The van der Waals surface area contributed by atoms with Crippen LogP contribution in [0.5, 0.6) is 11.5 Å². The van der Waals surface area contributed by atoms with Crippen LogP contribution in [-0.4, -0.2) is 0 Å². The molecule has 9 aromatic rings. The summed E-state index contributed by atoms with van der Waals surface area (Å²) < 4.78 is 13.2. The molecule has 0 N–H and O–H groups in total. The van der Waals surface area contributed by atoms with Crippen LogP contribution in [0.15, 0.2) is 186 Å². The highest BCUT2D eigenvalue weighted by atomic mass is 16.5. The molecule has 262 valence electrons. The summed E-state index contributed by atoms with van der Waals surface area (Å²) >= 11 is 0. The first kappa shape index (κ1) is 31.5. The number of nitrogens with zero attached hydrogens (tertiary/aromatic N) is 2. The number of hydrogen-bond donors (Lipinski definition) is 0. The van der Waals surface area contributed by atoms with Gasteiger partial charge in [-0.2, -0.15) is 0 Å². The maximum atomic E-state index is 6.64. The van der Waals surface area contributed by atoms with Gasteiger partial charge in [0, 0.05) is 33.2 Å². The van der Waals surface area contributed by atoms with Gasteiger partial charge in [0.05, 0.1) is 17.1 Å². The third-order valence-electron chi connectivity index (χ3n) is 11.4. The van der Waals surface area contributed by atoms with E-state index in [4.69, 9.17) is 9.15 Å². The van der Waals surface area contributed by atoms with E-state index in [0.29, 0.717) is 0 Å². The Morgan fingerprint density at radius 1 is 0.491 bits per heavy atom. The summed E-state index contributed by atoms with van der Waals surface area (Å²) in [4.78, 5) is 4.62. The van der Waals surface area contributed by atoms with Gasteiger partial charge >= 0.3 is 0 Å². The van der Waals surface area contributed by atoms with Gasteiger partial charge in [0.25, 0.3) is 0 Å². The highest BCUT2D eigenvalue weighted by Gasteiger charge is 2.36. The Morgan fingerprint density at radius 2 is 1.18 bits per heavy atom. The third-order valence-corrected chi connectivity index (χ3v) is 11.4. The predicted molar refractivity (Wildman–Crippen MR) is 226 cm³/mol. The van der Waals surface area contributed by atoms with Gasteiger partial charge in [-0.05, 0) is 106 Å². The molecule has 0 saturated heterocycles. The van der Waals surface area contributed by atoms with Crippen LogP contribution in [0.1, 0.15) is 25.0 Å². The fourth-order valence-corrected chi connectivity index (χ4v) is 8.76. The van der Waals surface area contributed by atoms with Crippen LogP contribution in [0.3, 0.4) is 0 Å². The standard InChI is InChI=1S/C51H36N2O2/c1-51(2)42-18-8-6-15-38(42)39-29-28-37(32-43(39)51)52(46-20-12-17-41-40-16-7-10-21-47(40)55-50(41)46)36-26-23-33(24-27-36)34-25-30-45-49(31-34)54-48-22-11-9-19-44(48)53(45)35-13-4-3-5-14-35/h3-32H,1-2H3. The summed E-state index contributed by atoms with van der Waals surface area (Å²) in [5.41, 5.74) is 15.4. The van der Waals surface area contributed by atoms with Crippen molar-refractivity contribution in [1.29, 1.82) is 0 Å². The van der Waals surface area contributed by atoms with Crippen molar-refractivity contribution in [2.45, 2.75) is 19.3 Å². The van der Waals surface area contributed by atoms with E-state index in [0.717, 1.165) is 78.7 Å². The Bertz CT molecular complexity index is 2940. The first-order valence-electron chi connectivity index (χ1n) is 18.8. The molecule has 0 saturated carbocycles. The molecule has 55 heavy (non-hydrogen) atoms. The molecule has 0 bridgehead atoms. The van der Waals surface area contributed by atoms with Crippen LogP contribution in [0.4, 0.5) is 34.1 Å². The van der Waals surface area contributed by atoms with Crippen LogP contribution < -0.4 is 14.5 Å². The number of fused-ring (bicyclic) bond motifs is 8. The summed E-state index contributed by atoms with van der Waals surface area (Å²) in [6.07, 6.45) is 0. The van der Waals surface area contributed by atoms with Crippen LogP contribution >= 0.6 is 0 Å². The van der Waals surface area contributed by atoms with E-state index in [2.05, 4.69) is 175 Å². The average molecular weight is 709 g/mol. The largest absolute Gasteiger partial charge is 0.454 e. The maximum Gasteiger partial charge on any atom is 0.159 e. The zero-order valence-electron chi connectivity index (χ0n) is 30.5. The SMILES string of the molecule is CC1(C)c2ccccc2-c2ccc(N(c3ccc(-c4ccc5c(c4)Oc4ccccc4N5c4ccccc4)cc3)c3cccc4c3oc3ccccc34)cc21.